The van der Waals surface area contributed by atoms with Crippen molar-refractivity contribution in [3.63, 3.8) is 0 Å². The molecule has 0 bridgehead atoms. The third kappa shape index (κ3) is 3.78. The average molecular weight is 424 g/mol. The summed E-state index contributed by atoms with van der Waals surface area (Å²) in [5, 5.41) is 2.61. The van der Waals surface area contributed by atoms with Gasteiger partial charge in [0.2, 0.25) is 11.8 Å². The lowest BCUT2D eigenvalue weighted by molar-refractivity contribution is -0.121. The Bertz CT molecular complexity index is 1180. The van der Waals surface area contributed by atoms with Gasteiger partial charge in [0.1, 0.15) is 12.4 Å². The summed E-state index contributed by atoms with van der Waals surface area (Å²) >= 11 is 5.69. The summed E-state index contributed by atoms with van der Waals surface area (Å²) in [4.78, 5) is 31.5. The Morgan fingerprint density at radius 3 is 2.70 bits per heavy atom. The van der Waals surface area contributed by atoms with Crippen molar-refractivity contribution >= 4 is 34.8 Å². The molecule has 2 amide bonds. The number of fused-ring (bicyclic) bond motifs is 3. The van der Waals surface area contributed by atoms with Crippen molar-refractivity contribution in [2.45, 2.75) is 20.3 Å². The Balaban J connectivity index is 1.70. The van der Waals surface area contributed by atoms with Gasteiger partial charge in [-0.05, 0) is 66.9 Å². The van der Waals surface area contributed by atoms with Crippen LogP contribution in [-0.4, -0.2) is 23.3 Å². The maximum Gasteiger partial charge on any atom is 0.244 e. The zero-order chi connectivity index (χ0) is 21.4. The summed E-state index contributed by atoms with van der Waals surface area (Å²) in [7, 11) is 0. The molecule has 2 heterocycles. The lowest BCUT2D eigenvalue weighted by Crippen LogP contribution is -2.38. The van der Waals surface area contributed by atoms with E-state index < -0.39 is 11.7 Å². The van der Waals surface area contributed by atoms with E-state index in [1.165, 1.54) is 17.0 Å². The lowest BCUT2D eigenvalue weighted by Gasteiger charge is -2.24. The van der Waals surface area contributed by atoms with E-state index in [4.69, 9.17) is 11.6 Å². The van der Waals surface area contributed by atoms with Gasteiger partial charge >= 0.3 is 0 Å². The summed E-state index contributed by atoms with van der Waals surface area (Å²) in [5.41, 5.74) is 5.63. The van der Waals surface area contributed by atoms with E-state index in [1.54, 1.807) is 12.4 Å². The molecule has 1 aliphatic heterocycles. The third-order valence-corrected chi connectivity index (χ3v) is 5.56. The van der Waals surface area contributed by atoms with E-state index in [0.29, 0.717) is 5.69 Å². The number of carbonyl (C=O) groups excluding carboxylic acids is 2. The highest BCUT2D eigenvalue weighted by atomic mass is 35.5. The molecule has 0 unspecified atom stereocenters. The zero-order valence-electron chi connectivity index (χ0n) is 16.5. The molecule has 0 atom stereocenters. The number of aromatic nitrogens is 1. The van der Waals surface area contributed by atoms with Crippen LogP contribution in [0.3, 0.4) is 0 Å². The van der Waals surface area contributed by atoms with Crippen LogP contribution < -0.4 is 10.2 Å². The van der Waals surface area contributed by atoms with Crippen LogP contribution in [0.5, 0.6) is 0 Å². The van der Waals surface area contributed by atoms with Crippen LogP contribution in [0.2, 0.25) is 5.02 Å². The van der Waals surface area contributed by atoms with Crippen molar-refractivity contribution in [2.75, 3.05) is 16.8 Å². The van der Waals surface area contributed by atoms with E-state index in [-0.39, 0.29) is 29.6 Å². The van der Waals surface area contributed by atoms with Crippen LogP contribution in [0.25, 0.3) is 11.1 Å². The van der Waals surface area contributed by atoms with Gasteiger partial charge in [0.05, 0.1) is 17.1 Å². The summed E-state index contributed by atoms with van der Waals surface area (Å²) in [5.74, 6) is -1.25. The largest absolute Gasteiger partial charge is 0.324 e. The molecule has 30 heavy (non-hydrogen) atoms. The number of aryl methyl sites for hydroxylation is 2. The van der Waals surface area contributed by atoms with Crippen molar-refractivity contribution in [3.8, 4) is 11.1 Å². The Labute approximate surface area is 178 Å². The molecule has 0 saturated heterocycles. The highest BCUT2D eigenvalue weighted by molar-refractivity contribution is 6.30. The van der Waals surface area contributed by atoms with Crippen molar-refractivity contribution < 1.29 is 14.0 Å². The molecule has 5 nitrogen and oxygen atoms in total. The Hall–Kier alpha value is -3.25. The molecule has 1 aliphatic rings. The van der Waals surface area contributed by atoms with E-state index in [0.717, 1.165) is 33.9 Å². The number of amides is 2. The highest BCUT2D eigenvalue weighted by Crippen LogP contribution is 2.38. The average Bonchev–Trinajstić information content (AvgIpc) is 2.81. The van der Waals surface area contributed by atoms with Crippen LogP contribution in [0.1, 0.15) is 16.7 Å². The molecule has 2 aromatic carbocycles. The number of halogens is 2. The number of hydrogen-bond acceptors (Lipinski definition) is 3. The van der Waals surface area contributed by atoms with E-state index in [1.807, 2.05) is 32.0 Å². The monoisotopic (exact) mass is 423 g/mol. The molecule has 0 aliphatic carbocycles. The predicted molar refractivity (Wildman–Crippen MR) is 115 cm³/mol. The molecule has 7 heteroatoms. The molecule has 0 fully saturated rings. The van der Waals surface area contributed by atoms with E-state index in [9.17, 15) is 14.0 Å². The first kappa shape index (κ1) is 20.0. The first-order valence-corrected chi connectivity index (χ1v) is 9.81. The highest BCUT2D eigenvalue weighted by Gasteiger charge is 2.28. The second kappa shape index (κ2) is 7.88. The zero-order valence-corrected chi connectivity index (χ0v) is 17.3. The van der Waals surface area contributed by atoms with Crippen molar-refractivity contribution in [1.29, 1.82) is 0 Å². The van der Waals surface area contributed by atoms with Gasteiger partial charge in [-0.1, -0.05) is 11.6 Å². The van der Waals surface area contributed by atoms with Crippen molar-refractivity contribution in [2.24, 2.45) is 0 Å². The Morgan fingerprint density at radius 1 is 1.17 bits per heavy atom. The summed E-state index contributed by atoms with van der Waals surface area (Å²) < 4.78 is 13.7. The number of carbonyl (C=O) groups is 2. The fourth-order valence-corrected chi connectivity index (χ4v) is 3.66. The van der Waals surface area contributed by atoms with Gasteiger partial charge in [-0.3, -0.25) is 14.6 Å². The normalized spacial score (nSPS) is 12.8. The molecular formula is C23H19ClFN3O2. The lowest BCUT2D eigenvalue weighted by atomic mass is 9.96. The maximum absolute atomic E-state index is 13.7. The summed E-state index contributed by atoms with van der Waals surface area (Å²) in [6.07, 6.45) is 3.56. The van der Waals surface area contributed by atoms with Gasteiger partial charge in [0.25, 0.3) is 0 Å². The number of pyridine rings is 1. The van der Waals surface area contributed by atoms with Crippen molar-refractivity contribution in [1.82, 2.24) is 4.98 Å². The van der Waals surface area contributed by atoms with E-state index >= 15 is 0 Å². The minimum absolute atomic E-state index is 0.0261. The number of nitrogens with one attached hydrogen (secondary N) is 1. The molecule has 0 radical (unpaired) electrons. The first-order chi connectivity index (χ1) is 14.3. The second-order valence-corrected chi connectivity index (χ2v) is 7.73. The third-order valence-electron chi connectivity index (χ3n) is 5.25. The van der Waals surface area contributed by atoms with Gasteiger partial charge in [0.15, 0.2) is 0 Å². The quantitative estimate of drug-likeness (QED) is 0.665. The Kier molecular flexibility index (Phi) is 5.26. The van der Waals surface area contributed by atoms with Crippen LogP contribution in [-0.2, 0) is 16.0 Å². The van der Waals surface area contributed by atoms with Crippen molar-refractivity contribution in [3.05, 3.63) is 76.3 Å². The molecule has 1 N–H and O–H groups in total. The minimum Gasteiger partial charge on any atom is -0.324 e. The summed E-state index contributed by atoms with van der Waals surface area (Å²) in [6.45, 7) is 3.77. The fourth-order valence-electron chi connectivity index (χ4n) is 3.54. The standard InChI is InChI=1S/C23H19ClFN3O2/c1-13-7-17-18-11-26-6-5-15(18)9-23(30)28(21(17)8-14(13)2)12-22(29)27-16-3-4-19(24)20(25)10-16/h3-8,10-11H,9,12H2,1-2H3,(H,27,29). The molecular weight excluding hydrogens is 405 g/mol. The molecule has 152 valence electrons. The predicted octanol–water partition coefficient (Wildman–Crippen LogP) is 4.69. The first-order valence-electron chi connectivity index (χ1n) is 9.43. The number of nitrogens with zero attached hydrogens (tertiary/aromatic N) is 2. The van der Waals surface area contributed by atoms with Gasteiger partial charge in [-0.15, -0.1) is 0 Å². The second-order valence-electron chi connectivity index (χ2n) is 7.32. The Morgan fingerprint density at radius 2 is 1.93 bits per heavy atom. The number of anilines is 2. The van der Waals surface area contributed by atoms with Crippen LogP contribution in [0.15, 0.2) is 48.8 Å². The SMILES string of the molecule is Cc1cc2c(cc1C)N(CC(=O)Nc1ccc(Cl)c(F)c1)C(=O)Cc1ccncc1-2. The van der Waals surface area contributed by atoms with E-state index in [2.05, 4.69) is 10.3 Å². The number of hydrogen-bond donors (Lipinski definition) is 1. The van der Waals surface area contributed by atoms with Gasteiger partial charge in [-0.25, -0.2) is 4.39 Å². The van der Waals surface area contributed by atoms with Gasteiger partial charge in [0, 0.05) is 29.2 Å². The smallest absolute Gasteiger partial charge is 0.244 e. The minimum atomic E-state index is -0.625. The van der Waals surface area contributed by atoms with Gasteiger partial charge in [-0.2, -0.15) is 0 Å². The van der Waals surface area contributed by atoms with Crippen LogP contribution in [0.4, 0.5) is 15.8 Å². The molecule has 4 rings (SSSR count). The topological polar surface area (TPSA) is 62.3 Å². The molecule has 3 aromatic rings. The number of rotatable bonds is 3. The molecule has 1 aromatic heterocycles. The maximum atomic E-state index is 13.7. The molecule has 0 spiro atoms. The number of benzene rings is 2. The summed E-state index contributed by atoms with van der Waals surface area (Å²) in [6, 6.07) is 9.79. The molecule has 0 saturated carbocycles. The fraction of sp³-hybridized carbons (Fsp3) is 0.174. The van der Waals surface area contributed by atoms with Gasteiger partial charge < -0.3 is 10.2 Å². The van der Waals surface area contributed by atoms with Crippen LogP contribution in [0, 0.1) is 19.7 Å². The van der Waals surface area contributed by atoms with Crippen LogP contribution >= 0.6 is 11.6 Å².